The van der Waals surface area contributed by atoms with Crippen molar-refractivity contribution in [3.05, 3.63) is 262 Å². The van der Waals surface area contributed by atoms with E-state index < -0.39 is 0 Å². The summed E-state index contributed by atoms with van der Waals surface area (Å²) in [5, 5.41) is 0. The molecule has 0 heterocycles. The number of allylic oxidation sites excluding steroid dienone is 3. The van der Waals surface area contributed by atoms with Crippen molar-refractivity contribution in [2.45, 2.75) is 375 Å². The molecule has 0 spiro atoms. The van der Waals surface area contributed by atoms with Crippen LogP contribution in [-0.2, 0) is 37.9 Å². The molecule has 11 rings (SSSR count). The van der Waals surface area contributed by atoms with Crippen molar-refractivity contribution in [1.82, 2.24) is 0 Å². The van der Waals surface area contributed by atoms with Crippen LogP contribution >= 0.6 is 0 Å². The number of nitrogens with zero attached hydrogens (tertiary/aromatic N) is 2. The standard InChI is InChI=1S/C114H156N2/c1-22-28-32-36-40-44-76-113(77-45-41-37-33-29-23-2)103-80-91(108(11,12)13)60-74-99(103)101-82-106-102(83-105(101)113)100-75-61-92(81-104(100)114(106,78-46-42-38-34-30-24-3)79-47-43-39-35-31-25-4)112(20,21)111(18,19)90-58-72-98(73-59-90)116(94-64-50-86(51-65-94)84(7)26-5)97-70-56-89(57-71-97)110(16,17)109(14,15)88-54-68-96(69-55-88)115(93-62-48-85(27-6)49-63-93)95-66-52-87(53-67-95)107(8,9)10/h27,48-52,54-75,80-84,87H,6,22-26,28-47,53,76-79H2,1-5,7-21H3. The number of hydrogen-bond acceptors (Lipinski definition) is 2. The Morgan fingerprint density at radius 2 is 0.664 bits per heavy atom. The summed E-state index contributed by atoms with van der Waals surface area (Å²) >= 11 is 0. The Labute approximate surface area is 709 Å². The molecule has 116 heavy (non-hydrogen) atoms. The van der Waals surface area contributed by atoms with E-state index in [9.17, 15) is 0 Å². The van der Waals surface area contributed by atoms with Gasteiger partial charge in [0.1, 0.15) is 0 Å². The summed E-state index contributed by atoms with van der Waals surface area (Å²) in [7, 11) is 0. The summed E-state index contributed by atoms with van der Waals surface area (Å²) in [6, 6.07) is 68.8. The van der Waals surface area contributed by atoms with Gasteiger partial charge in [0, 0.05) is 45.0 Å². The molecular formula is C114H156N2. The van der Waals surface area contributed by atoms with Gasteiger partial charge >= 0.3 is 0 Å². The first-order chi connectivity index (χ1) is 55.5. The third-order valence-electron chi connectivity index (χ3n) is 30.1. The van der Waals surface area contributed by atoms with Gasteiger partial charge in [-0.2, -0.15) is 0 Å². The van der Waals surface area contributed by atoms with E-state index in [1.165, 1.54) is 236 Å². The molecule has 0 amide bonds. The van der Waals surface area contributed by atoms with Gasteiger partial charge in [-0.1, -0.05) is 414 Å². The van der Waals surface area contributed by atoms with Crippen molar-refractivity contribution in [2.24, 2.45) is 11.3 Å². The molecule has 8 aromatic rings. The first-order valence-electron chi connectivity index (χ1n) is 47.1. The van der Waals surface area contributed by atoms with Crippen LogP contribution in [-0.4, -0.2) is 0 Å². The minimum atomic E-state index is -0.240. The molecule has 0 saturated carbocycles. The lowest BCUT2D eigenvalue weighted by Crippen LogP contribution is -2.40. The summed E-state index contributed by atoms with van der Waals surface area (Å²) < 4.78 is 0. The van der Waals surface area contributed by atoms with Crippen LogP contribution in [0.1, 0.15) is 398 Å². The quantitative estimate of drug-likeness (QED) is 0.0352. The maximum absolute atomic E-state index is 4.05. The predicted octanol–water partition coefficient (Wildman–Crippen LogP) is 35.3. The monoisotopic (exact) mass is 1550 g/mol. The van der Waals surface area contributed by atoms with Crippen molar-refractivity contribution in [2.75, 3.05) is 9.80 Å². The van der Waals surface area contributed by atoms with Gasteiger partial charge in [0.15, 0.2) is 0 Å². The molecule has 622 valence electrons. The lowest BCUT2D eigenvalue weighted by molar-refractivity contribution is 0.293. The van der Waals surface area contributed by atoms with E-state index in [0.29, 0.717) is 11.8 Å². The van der Waals surface area contributed by atoms with Crippen molar-refractivity contribution < 1.29 is 0 Å². The fourth-order valence-corrected chi connectivity index (χ4v) is 20.3. The second-order valence-electron chi connectivity index (χ2n) is 40.7. The lowest BCUT2D eigenvalue weighted by atomic mass is 9.60. The maximum atomic E-state index is 4.05. The first kappa shape index (κ1) is 89.4. The Balaban J connectivity index is 0.951. The minimum Gasteiger partial charge on any atom is -0.311 e. The van der Waals surface area contributed by atoms with E-state index in [0.717, 1.165) is 35.5 Å². The van der Waals surface area contributed by atoms with Crippen molar-refractivity contribution in [1.29, 1.82) is 0 Å². The summed E-state index contributed by atoms with van der Waals surface area (Å²) in [6.07, 6.45) is 47.9. The highest BCUT2D eigenvalue weighted by atomic mass is 15.2. The molecule has 2 atom stereocenters. The number of rotatable bonds is 43. The summed E-state index contributed by atoms with van der Waals surface area (Å²) in [5.41, 5.74) is 28.6. The van der Waals surface area contributed by atoms with Gasteiger partial charge in [0.25, 0.3) is 0 Å². The van der Waals surface area contributed by atoms with Crippen molar-refractivity contribution >= 4 is 34.5 Å². The van der Waals surface area contributed by atoms with Gasteiger partial charge in [-0.25, -0.2) is 0 Å². The maximum Gasteiger partial charge on any atom is 0.0461 e. The number of fused-ring (bicyclic) bond motifs is 6. The molecule has 0 radical (unpaired) electrons. The second kappa shape index (κ2) is 38.8. The molecule has 0 saturated heterocycles. The van der Waals surface area contributed by atoms with E-state index in [1.54, 1.807) is 38.9 Å². The molecule has 8 aromatic carbocycles. The van der Waals surface area contributed by atoms with Crippen LogP contribution in [0.25, 0.3) is 28.3 Å². The van der Waals surface area contributed by atoms with Crippen molar-refractivity contribution in [3.8, 4) is 22.3 Å². The highest BCUT2D eigenvalue weighted by molar-refractivity contribution is 5.91. The molecule has 2 unspecified atom stereocenters. The fraction of sp³-hybridized carbons (Fsp3) is 0.526. The third-order valence-corrected chi connectivity index (χ3v) is 30.1. The largest absolute Gasteiger partial charge is 0.311 e. The number of anilines is 5. The molecule has 0 fully saturated rings. The zero-order valence-electron chi connectivity index (χ0n) is 76.9. The molecule has 2 nitrogen and oxygen atoms in total. The number of unbranched alkanes of at least 4 members (excludes halogenated alkanes) is 20. The van der Waals surface area contributed by atoms with Crippen LogP contribution in [0.15, 0.2) is 200 Å². The summed E-state index contributed by atoms with van der Waals surface area (Å²) in [5.74, 6) is 0.987. The van der Waals surface area contributed by atoms with Gasteiger partial charge < -0.3 is 9.80 Å². The topological polar surface area (TPSA) is 6.48 Å². The van der Waals surface area contributed by atoms with Gasteiger partial charge in [-0.3, -0.25) is 0 Å². The minimum absolute atomic E-state index is 0.00101. The van der Waals surface area contributed by atoms with Gasteiger partial charge in [0.2, 0.25) is 0 Å². The Kier molecular flexibility index (Phi) is 29.9. The van der Waals surface area contributed by atoms with E-state index in [2.05, 4.69) is 343 Å². The molecule has 2 heteroatoms. The fourth-order valence-electron chi connectivity index (χ4n) is 20.3. The van der Waals surface area contributed by atoms with Crippen LogP contribution < -0.4 is 9.80 Å². The molecule has 3 aliphatic carbocycles. The van der Waals surface area contributed by atoms with Crippen LogP contribution in [0.2, 0.25) is 0 Å². The first-order valence-corrected chi connectivity index (χ1v) is 47.1. The van der Waals surface area contributed by atoms with Crippen LogP contribution in [0.3, 0.4) is 0 Å². The molecule has 0 bridgehead atoms. The van der Waals surface area contributed by atoms with Crippen LogP contribution in [0, 0.1) is 11.3 Å². The lowest BCUT2D eigenvalue weighted by Gasteiger charge is -2.44. The smallest absolute Gasteiger partial charge is 0.0461 e. The Morgan fingerprint density at radius 1 is 0.353 bits per heavy atom. The van der Waals surface area contributed by atoms with Crippen molar-refractivity contribution in [3.63, 3.8) is 0 Å². The normalized spacial score (nSPS) is 15.4. The average molecular weight is 1550 g/mol. The molecule has 0 N–H and O–H groups in total. The van der Waals surface area contributed by atoms with Gasteiger partial charge in [0.05, 0.1) is 0 Å². The Hall–Kier alpha value is -7.42. The molecule has 3 aliphatic rings. The van der Waals surface area contributed by atoms with E-state index in [-0.39, 0.29) is 43.3 Å². The average Bonchev–Trinajstić information content (AvgIpc) is 1.52. The predicted molar refractivity (Wildman–Crippen MR) is 511 cm³/mol. The van der Waals surface area contributed by atoms with Gasteiger partial charge in [-0.15, -0.1) is 0 Å². The van der Waals surface area contributed by atoms with E-state index >= 15 is 0 Å². The Bertz CT molecular complexity index is 4490. The summed E-state index contributed by atoms with van der Waals surface area (Å²) in [4.78, 5) is 4.92. The third kappa shape index (κ3) is 19.2. The molecule has 0 aromatic heterocycles. The SMILES string of the molecule is C=Cc1ccc(N(C2=CCC(C(C)(C)C)C=C2)c2ccc(C(C)(C)C(C)(C)c3ccc(N(c4ccc(C(C)CC)cc4)c4ccc(C(C)(C)C(C)(C)c5ccc6c(c5)C(CCCCCCCC)(CCCCCCCC)c5cc7c(cc5-6)C(CCCCCCCC)(CCCCCCCC)c5cc(C(C)(C)C)ccc5-7)cc4)cc3)cc2)cc1. The van der Waals surface area contributed by atoms with E-state index in [1.807, 2.05) is 6.08 Å². The molecular weight excluding hydrogens is 1400 g/mol. The van der Waals surface area contributed by atoms with Gasteiger partial charge in [-0.05, 0) is 245 Å². The zero-order valence-corrected chi connectivity index (χ0v) is 76.9. The van der Waals surface area contributed by atoms with Crippen LogP contribution in [0.4, 0.5) is 28.4 Å². The number of hydrogen-bond donors (Lipinski definition) is 0. The molecule has 0 aliphatic heterocycles. The number of benzene rings is 8. The summed E-state index contributed by atoms with van der Waals surface area (Å²) in [6.45, 7) is 52.5. The zero-order chi connectivity index (χ0) is 83.3. The highest BCUT2D eigenvalue weighted by Crippen LogP contribution is 2.63. The van der Waals surface area contributed by atoms with Crippen LogP contribution in [0.5, 0.6) is 0 Å². The Morgan fingerprint density at radius 3 is 1.00 bits per heavy atom. The van der Waals surface area contributed by atoms with E-state index in [4.69, 9.17) is 0 Å². The highest BCUT2D eigenvalue weighted by Gasteiger charge is 2.50. The second-order valence-corrected chi connectivity index (χ2v) is 40.7.